The van der Waals surface area contributed by atoms with Crippen LogP contribution in [0.15, 0.2) is 16.9 Å². The molecule has 1 aromatic carbocycles. The fourth-order valence-electron chi connectivity index (χ4n) is 3.61. The lowest BCUT2D eigenvalue weighted by molar-refractivity contribution is 0.355. The summed E-state index contributed by atoms with van der Waals surface area (Å²) >= 11 is 0. The van der Waals surface area contributed by atoms with E-state index in [-0.39, 0.29) is 23.7 Å². The first-order chi connectivity index (χ1) is 13.7. The third-order valence-electron chi connectivity index (χ3n) is 5.11. The van der Waals surface area contributed by atoms with Gasteiger partial charge in [-0.15, -0.1) is 0 Å². The van der Waals surface area contributed by atoms with Crippen molar-refractivity contribution in [1.29, 1.82) is 5.26 Å². The molecule has 1 aliphatic rings. The molecule has 156 valence electrons. The van der Waals surface area contributed by atoms with E-state index in [4.69, 9.17) is 14.6 Å². The van der Waals surface area contributed by atoms with Gasteiger partial charge in [0, 0.05) is 32.1 Å². The van der Waals surface area contributed by atoms with Crippen LogP contribution in [0.4, 0.5) is 5.69 Å². The SMILES string of the molecule is COc1cc2c(N3CC(CCNS(N)(=O)=O)C3)c(C#N)n(C)c(=O)c2cc1OC. The highest BCUT2D eigenvalue weighted by atomic mass is 32.2. The number of fused-ring (bicyclic) bond motifs is 1. The summed E-state index contributed by atoms with van der Waals surface area (Å²) in [5.74, 6) is 1.14. The zero-order valence-electron chi connectivity index (χ0n) is 16.4. The fourth-order valence-corrected chi connectivity index (χ4v) is 4.01. The summed E-state index contributed by atoms with van der Waals surface area (Å²) in [5.41, 5.74) is 0.618. The Bertz CT molecular complexity index is 1150. The van der Waals surface area contributed by atoms with Gasteiger partial charge in [0.1, 0.15) is 11.8 Å². The van der Waals surface area contributed by atoms with E-state index in [1.807, 2.05) is 4.90 Å². The summed E-state index contributed by atoms with van der Waals surface area (Å²) in [5, 5.41) is 15.7. The standard InChI is InChI=1S/C18H23N5O5S/c1-22-14(8-19)17(23-9-11(10-23)4-5-21-29(20,25)26)12-6-15(27-2)16(28-3)7-13(12)18(22)24/h6-7,11,21H,4-5,9-10H2,1-3H3,(H2,20,25,26). The summed E-state index contributed by atoms with van der Waals surface area (Å²) in [7, 11) is 0.861. The summed E-state index contributed by atoms with van der Waals surface area (Å²) in [4.78, 5) is 14.8. The van der Waals surface area contributed by atoms with Gasteiger partial charge < -0.3 is 18.9 Å². The van der Waals surface area contributed by atoms with Crippen molar-refractivity contribution in [3.05, 3.63) is 28.2 Å². The van der Waals surface area contributed by atoms with Crippen LogP contribution in [0.3, 0.4) is 0 Å². The van der Waals surface area contributed by atoms with Crippen LogP contribution in [0.2, 0.25) is 0 Å². The molecule has 2 aromatic rings. The van der Waals surface area contributed by atoms with Gasteiger partial charge in [-0.05, 0) is 24.5 Å². The first-order valence-electron chi connectivity index (χ1n) is 8.91. The van der Waals surface area contributed by atoms with Gasteiger partial charge >= 0.3 is 0 Å². The lowest BCUT2D eigenvalue weighted by Crippen LogP contribution is -2.49. The van der Waals surface area contributed by atoms with E-state index >= 15 is 0 Å². The molecule has 10 nitrogen and oxygen atoms in total. The minimum absolute atomic E-state index is 0.239. The Morgan fingerprint density at radius 1 is 1.24 bits per heavy atom. The second-order valence-corrected chi connectivity index (χ2v) is 8.30. The van der Waals surface area contributed by atoms with Crippen LogP contribution in [-0.2, 0) is 17.3 Å². The Kier molecular flexibility index (Phi) is 5.70. The van der Waals surface area contributed by atoms with Gasteiger partial charge in [0.05, 0.1) is 25.3 Å². The number of hydrogen-bond acceptors (Lipinski definition) is 7. The second-order valence-electron chi connectivity index (χ2n) is 6.92. The normalized spacial score (nSPS) is 14.5. The lowest BCUT2D eigenvalue weighted by Gasteiger charge is -2.42. The lowest BCUT2D eigenvalue weighted by atomic mass is 9.94. The molecule has 0 spiro atoms. The molecule has 11 heteroatoms. The van der Waals surface area contributed by atoms with Crippen molar-refractivity contribution in [2.75, 3.05) is 38.8 Å². The van der Waals surface area contributed by atoms with E-state index in [0.717, 1.165) is 0 Å². The minimum atomic E-state index is -3.70. The van der Waals surface area contributed by atoms with Crippen LogP contribution < -0.4 is 29.8 Å². The molecule has 1 aromatic heterocycles. The van der Waals surface area contributed by atoms with E-state index in [1.54, 1.807) is 19.2 Å². The Hall–Kier alpha value is -2.81. The van der Waals surface area contributed by atoms with Crippen molar-refractivity contribution in [1.82, 2.24) is 9.29 Å². The maximum absolute atomic E-state index is 12.8. The number of anilines is 1. The third kappa shape index (κ3) is 4.00. The van der Waals surface area contributed by atoms with Crippen molar-refractivity contribution >= 4 is 26.7 Å². The van der Waals surface area contributed by atoms with Gasteiger partial charge in [-0.2, -0.15) is 13.7 Å². The molecular weight excluding hydrogens is 398 g/mol. The number of rotatable bonds is 7. The number of nitriles is 1. The van der Waals surface area contributed by atoms with Gasteiger partial charge in [0.25, 0.3) is 15.8 Å². The Morgan fingerprint density at radius 2 is 1.83 bits per heavy atom. The summed E-state index contributed by atoms with van der Waals surface area (Å²) in [6.45, 7) is 1.51. The number of benzene rings is 1. The van der Waals surface area contributed by atoms with E-state index in [0.29, 0.717) is 47.5 Å². The van der Waals surface area contributed by atoms with Gasteiger partial charge in [0.2, 0.25) is 0 Å². The van der Waals surface area contributed by atoms with Gasteiger partial charge in [-0.3, -0.25) is 4.79 Å². The van der Waals surface area contributed by atoms with Crippen molar-refractivity contribution in [3.8, 4) is 17.6 Å². The van der Waals surface area contributed by atoms with Crippen molar-refractivity contribution in [2.24, 2.45) is 18.1 Å². The number of nitrogens with one attached hydrogen (secondary N) is 1. The predicted octanol–water partition coefficient (Wildman–Crippen LogP) is 0.0468. The summed E-state index contributed by atoms with van der Waals surface area (Å²) in [6, 6.07) is 5.46. The maximum Gasteiger partial charge on any atom is 0.274 e. The van der Waals surface area contributed by atoms with E-state index < -0.39 is 10.2 Å². The van der Waals surface area contributed by atoms with Gasteiger partial charge in [-0.25, -0.2) is 9.86 Å². The molecule has 1 saturated heterocycles. The second kappa shape index (κ2) is 7.90. The number of nitrogens with two attached hydrogens (primary N) is 1. The number of nitrogens with zero attached hydrogens (tertiary/aromatic N) is 3. The van der Waals surface area contributed by atoms with Gasteiger partial charge in [-0.1, -0.05) is 0 Å². The summed E-state index contributed by atoms with van der Waals surface area (Å²) in [6.07, 6.45) is 0.621. The van der Waals surface area contributed by atoms with Crippen molar-refractivity contribution < 1.29 is 17.9 Å². The van der Waals surface area contributed by atoms with E-state index in [2.05, 4.69) is 10.8 Å². The average molecular weight is 421 g/mol. The van der Waals surface area contributed by atoms with E-state index in [1.165, 1.54) is 18.8 Å². The Balaban J connectivity index is 1.98. The maximum atomic E-state index is 12.8. The number of methoxy groups -OCH3 is 2. The van der Waals surface area contributed by atoms with Crippen LogP contribution in [0.25, 0.3) is 10.8 Å². The smallest absolute Gasteiger partial charge is 0.274 e. The molecule has 2 heterocycles. The van der Waals surface area contributed by atoms with Gasteiger partial charge in [0.15, 0.2) is 11.5 Å². The molecule has 3 N–H and O–H groups in total. The molecule has 0 radical (unpaired) electrons. The molecule has 0 aliphatic carbocycles. The van der Waals surface area contributed by atoms with Crippen molar-refractivity contribution in [3.63, 3.8) is 0 Å². The molecule has 0 unspecified atom stereocenters. The Morgan fingerprint density at radius 3 is 2.34 bits per heavy atom. The average Bonchev–Trinajstić information content (AvgIpc) is 2.64. The monoisotopic (exact) mass is 421 g/mol. The fraction of sp³-hybridized carbons (Fsp3) is 0.444. The van der Waals surface area contributed by atoms with Crippen LogP contribution in [-0.4, -0.2) is 46.8 Å². The number of hydrogen-bond donors (Lipinski definition) is 2. The number of aromatic nitrogens is 1. The number of ether oxygens (including phenoxy) is 2. The van der Waals surface area contributed by atoms with Crippen LogP contribution in [0.1, 0.15) is 12.1 Å². The quantitative estimate of drug-likeness (QED) is 0.643. The van der Waals surface area contributed by atoms with Crippen LogP contribution >= 0.6 is 0 Å². The number of pyridine rings is 1. The Labute approximate surface area is 168 Å². The van der Waals surface area contributed by atoms with Crippen LogP contribution in [0.5, 0.6) is 11.5 Å². The zero-order valence-corrected chi connectivity index (χ0v) is 17.2. The summed E-state index contributed by atoms with van der Waals surface area (Å²) < 4.78 is 36.2. The van der Waals surface area contributed by atoms with E-state index in [9.17, 15) is 18.5 Å². The largest absolute Gasteiger partial charge is 0.493 e. The van der Waals surface area contributed by atoms with Crippen LogP contribution in [0, 0.1) is 17.2 Å². The molecule has 29 heavy (non-hydrogen) atoms. The van der Waals surface area contributed by atoms with Crippen molar-refractivity contribution in [2.45, 2.75) is 6.42 Å². The molecule has 1 fully saturated rings. The molecule has 0 amide bonds. The molecular formula is C18H23N5O5S. The minimum Gasteiger partial charge on any atom is -0.493 e. The first kappa shape index (κ1) is 20.9. The zero-order chi connectivity index (χ0) is 21.3. The first-order valence-corrected chi connectivity index (χ1v) is 10.5. The highest BCUT2D eigenvalue weighted by Gasteiger charge is 2.31. The molecule has 1 aliphatic heterocycles. The predicted molar refractivity (Wildman–Crippen MR) is 108 cm³/mol. The molecule has 0 atom stereocenters. The highest BCUT2D eigenvalue weighted by molar-refractivity contribution is 7.87. The molecule has 0 bridgehead atoms. The molecule has 0 saturated carbocycles. The third-order valence-corrected chi connectivity index (χ3v) is 5.72. The highest BCUT2D eigenvalue weighted by Crippen LogP contribution is 2.39. The topological polar surface area (TPSA) is 140 Å². The molecule has 3 rings (SSSR count).